The fraction of sp³-hybridized carbons (Fsp3) is 0.538. The first-order valence-corrected chi connectivity index (χ1v) is 8.13. The predicted molar refractivity (Wildman–Crippen MR) is 75.3 cm³/mol. The molecule has 0 atom stereocenters. The average Bonchev–Trinajstić information content (AvgIpc) is 2.40. The van der Waals surface area contributed by atoms with Crippen LogP contribution in [-0.4, -0.2) is 33.1 Å². The second-order valence-electron chi connectivity index (χ2n) is 4.00. The third-order valence-electron chi connectivity index (χ3n) is 2.64. The fourth-order valence-electron chi connectivity index (χ4n) is 1.49. The van der Waals surface area contributed by atoms with E-state index in [1.54, 1.807) is 13.0 Å². The van der Waals surface area contributed by atoms with E-state index in [1.807, 2.05) is 19.1 Å². The highest BCUT2D eigenvalue weighted by Gasteiger charge is 2.10. The highest BCUT2D eigenvalue weighted by Crippen LogP contribution is 2.28. The number of hydrogen-bond acceptors (Lipinski definition) is 5. The number of nitrogens with two attached hydrogens (primary N) is 1. The average molecular weight is 287 g/mol. The van der Waals surface area contributed by atoms with Crippen LogP contribution in [0.15, 0.2) is 18.2 Å². The molecule has 0 fully saturated rings. The van der Waals surface area contributed by atoms with Gasteiger partial charge in [0.05, 0.1) is 12.4 Å². The Morgan fingerprint density at radius 3 is 2.47 bits per heavy atom. The lowest BCUT2D eigenvalue weighted by Crippen LogP contribution is -2.16. The van der Waals surface area contributed by atoms with E-state index in [2.05, 4.69) is 0 Å². The molecule has 0 aliphatic heterocycles. The first kappa shape index (κ1) is 15.8. The van der Waals surface area contributed by atoms with Crippen LogP contribution in [0.2, 0.25) is 0 Å². The molecule has 108 valence electrons. The van der Waals surface area contributed by atoms with Crippen molar-refractivity contribution in [3.8, 4) is 11.5 Å². The molecule has 19 heavy (non-hydrogen) atoms. The van der Waals surface area contributed by atoms with Gasteiger partial charge < -0.3 is 15.2 Å². The number of hydrogen-bond donors (Lipinski definition) is 1. The molecule has 0 radical (unpaired) electrons. The minimum atomic E-state index is -3.01. The molecule has 1 aromatic rings. The van der Waals surface area contributed by atoms with E-state index in [4.69, 9.17) is 15.2 Å². The largest absolute Gasteiger partial charge is 0.490 e. The van der Waals surface area contributed by atoms with Crippen LogP contribution in [0.3, 0.4) is 0 Å². The van der Waals surface area contributed by atoms with E-state index >= 15 is 0 Å². The summed E-state index contributed by atoms with van der Waals surface area (Å²) in [6.45, 7) is 4.55. The summed E-state index contributed by atoms with van der Waals surface area (Å²) in [5.41, 5.74) is 6.51. The Morgan fingerprint density at radius 1 is 1.16 bits per heavy atom. The standard InChI is InChI=1S/C13H21NO4S/c1-3-17-13-9-11(10-14)5-6-12(13)18-7-8-19(15,16)4-2/h5-6,9H,3-4,7-8,10,14H2,1-2H3. The molecule has 0 bridgehead atoms. The molecule has 0 aliphatic carbocycles. The summed E-state index contributed by atoms with van der Waals surface area (Å²) in [5.74, 6) is 1.28. The molecule has 0 amide bonds. The first-order valence-electron chi connectivity index (χ1n) is 6.31. The normalized spacial score (nSPS) is 11.3. The SMILES string of the molecule is CCOc1cc(CN)ccc1OCCS(=O)(=O)CC. The van der Waals surface area contributed by atoms with Gasteiger partial charge in [-0.2, -0.15) is 0 Å². The fourth-order valence-corrected chi connectivity index (χ4v) is 2.12. The van der Waals surface area contributed by atoms with Gasteiger partial charge in [-0.15, -0.1) is 0 Å². The van der Waals surface area contributed by atoms with Gasteiger partial charge in [0.15, 0.2) is 21.3 Å². The second kappa shape index (κ2) is 7.35. The maximum atomic E-state index is 11.4. The van der Waals surface area contributed by atoms with Gasteiger partial charge in [-0.05, 0) is 24.6 Å². The van der Waals surface area contributed by atoms with Crippen molar-refractivity contribution in [2.24, 2.45) is 5.73 Å². The zero-order chi connectivity index (χ0) is 14.3. The monoisotopic (exact) mass is 287 g/mol. The lowest BCUT2D eigenvalue weighted by atomic mass is 10.2. The summed E-state index contributed by atoms with van der Waals surface area (Å²) in [6, 6.07) is 5.41. The van der Waals surface area contributed by atoms with Gasteiger partial charge in [-0.3, -0.25) is 0 Å². The Labute approximate surface area is 114 Å². The molecule has 0 unspecified atom stereocenters. The molecule has 5 nitrogen and oxygen atoms in total. The summed E-state index contributed by atoms with van der Waals surface area (Å²) in [7, 11) is -3.01. The van der Waals surface area contributed by atoms with Crippen LogP contribution in [-0.2, 0) is 16.4 Å². The minimum Gasteiger partial charge on any atom is -0.490 e. The minimum absolute atomic E-state index is 0.00764. The van der Waals surface area contributed by atoms with Crippen LogP contribution >= 0.6 is 0 Å². The molecule has 6 heteroatoms. The van der Waals surface area contributed by atoms with Crippen molar-refractivity contribution in [3.05, 3.63) is 23.8 Å². The van der Waals surface area contributed by atoms with Crippen LogP contribution in [0.25, 0.3) is 0 Å². The summed E-state index contributed by atoms with van der Waals surface area (Å²) in [6.07, 6.45) is 0. The zero-order valence-electron chi connectivity index (χ0n) is 11.4. The number of ether oxygens (including phenoxy) is 2. The van der Waals surface area contributed by atoms with Crippen molar-refractivity contribution in [2.45, 2.75) is 20.4 Å². The molecule has 2 N–H and O–H groups in total. The van der Waals surface area contributed by atoms with E-state index in [-0.39, 0.29) is 18.1 Å². The van der Waals surface area contributed by atoms with Crippen LogP contribution in [0.4, 0.5) is 0 Å². The van der Waals surface area contributed by atoms with E-state index < -0.39 is 9.84 Å². The number of sulfone groups is 1. The number of benzene rings is 1. The summed E-state index contributed by atoms with van der Waals surface area (Å²) in [4.78, 5) is 0. The highest BCUT2D eigenvalue weighted by atomic mass is 32.2. The quantitative estimate of drug-likeness (QED) is 0.781. The van der Waals surface area contributed by atoms with Gasteiger partial charge in [-0.1, -0.05) is 13.0 Å². The van der Waals surface area contributed by atoms with Gasteiger partial charge in [-0.25, -0.2) is 8.42 Å². The summed E-state index contributed by atoms with van der Waals surface area (Å²) in [5, 5.41) is 0. The van der Waals surface area contributed by atoms with E-state index in [1.165, 1.54) is 0 Å². The van der Waals surface area contributed by atoms with Crippen molar-refractivity contribution in [3.63, 3.8) is 0 Å². The van der Waals surface area contributed by atoms with Gasteiger partial charge >= 0.3 is 0 Å². The van der Waals surface area contributed by atoms with Crippen molar-refractivity contribution in [1.82, 2.24) is 0 Å². The lowest BCUT2D eigenvalue weighted by Gasteiger charge is -2.13. The molecule has 1 aromatic carbocycles. The van der Waals surface area contributed by atoms with Gasteiger partial charge in [0.1, 0.15) is 6.61 Å². The maximum Gasteiger partial charge on any atom is 0.161 e. The molecule has 0 spiro atoms. The van der Waals surface area contributed by atoms with E-state index in [0.29, 0.717) is 24.7 Å². The van der Waals surface area contributed by atoms with Gasteiger partial charge in [0, 0.05) is 12.3 Å². The summed E-state index contributed by atoms with van der Waals surface area (Å²) >= 11 is 0. The maximum absolute atomic E-state index is 11.4. The number of rotatable bonds is 8. The van der Waals surface area contributed by atoms with E-state index in [9.17, 15) is 8.42 Å². The van der Waals surface area contributed by atoms with E-state index in [0.717, 1.165) is 5.56 Å². The van der Waals surface area contributed by atoms with Crippen LogP contribution in [0.1, 0.15) is 19.4 Å². The molecular formula is C13H21NO4S. The predicted octanol–water partition coefficient (Wildman–Crippen LogP) is 1.36. The van der Waals surface area contributed by atoms with Crippen molar-refractivity contribution in [2.75, 3.05) is 24.7 Å². The van der Waals surface area contributed by atoms with Gasteiger partial charge in [0.2, 0.25) is 0 Å². The van der Waals surface area contributed by atoms with Gasteiger partial charge in [0.25, 0.3) is 0 Å². The molecule has 0 saturated heterocycles. The zero-order valence-corrected chi connectivity index (χ0v) is 12.2. The smallest absolute Gasteiger partial charge is 0.161 e. The van der Waals surface area contributed by atoms with Crippen LogP contribution < -0.4 is 15.2 Å². The van der Waals surface area contributed by atoms with Crippen LogP contribution in [0.5, 0.6) is 11.5 Å². The Kier molecular flexibility index (Phi) is 6.11. The third-order valence-corrected chi connectivity index (χ3v) is 4.30. The first-order chi connectivity index (χ1) is 9.02. The molecule has 0 heterocycles. The molecule has 0 aromatic heterocycles. The Morgan fingerprint density at radius 2 is 1.89 bits per heavy atom. The Bertz CT molecular complexity index is 499. The second-order valence-corrected chi connectivity index (χ2v) is 6.48. The molecule has 0 saturated carbocycles. The topological polar surface area (TPSA) is 78.6 Å². The molecule has 0 aliphatic rings. The Balaban J connectivity index is 2.72. The third kappa shape index (κ3) is 5.08. The van der Waals surface area contributed by atoms with Crippen molar-refractivity contribution >= 4 is 9.84 Å². The highest BCUT2D eigenvalue weighted by molar-refractivity contribution is 7.91. The molecular weight excluding hydrogens is 266 g/mol. The molecule has 1 rings (SSSR count). The van der Waals surface area contributed by atoms with Crippen molar-refractivity contribution in [1.29, 1.82) is 0 Å². The van der Waals surface area contributed by atoms with Crippen LogP contribution in [0, 0.1) is 0 Å². The Hall–Kier alpha value is -1.27. The van der Waals surface area contributed by atoms with Crippen molar-refractivity contribution < 1.29 is 17.9 Å². The lowest BCUT2D eigenvalue weighted by molar-refractivity contribution is 0.288. The summed E-state index contributed by atoms with van der Waals surface area (Å²) < 4.78 is 33.7.